The normalized spacial score (nSPS) is 31.1. The number of hydrogen-bond acceptors (Lipinski definition) is 2. The molecule has 9 heavy (non-hydrogen) atoms. The summed E-state index contributed by atoms with van der Waals surface area (Å²) in [5, 5.41) is 8.34. The molecule has 0 aliphatic heterocycles. The lowest BCUT2D eigenvalue weighted by Gasteiger charge is -1.92. The number of ether oxygens (including phenoxy) is 1. The number of carboxylic acids is 1. The molecule has 0 radical (unpaired) electrons. The second kappa shape index (κ2) is 2.09. The van der Waals surface area contributed by atoms with Gasteiger partial charge in [-0.1, -0.05) is 6.58 Å². The maximum atomic E-state index is 10.1. The van der Waals surface area contributed by atoms with E-state index in [1.165, 1.54) is 6.26 Å². The molecule has 1 N–H and O–H groups in total. The van der Waals surface area contributed by atoms with E-state index in [2.05, 4.69) is 6.58 Å². The molecule has 0 aromatic heterocycles. The first-order valence-corrected chi connectivity index (χ1v) is 2.75. The molecule has 0 bridgehead atoms. The Kier molecular flexibility index (Phi) is 1.42. The van der Waals surface area contributed by atoms with Gasteiger partial charge in [0.1, 0.15) is 6.10 Å². The lowest BCUT2D eigenvalue weighted by molar-refractivity contribution is -0.139. The molecule has 0 amide bonds. The molecule has 1 aliphatic carbocycles. The standard InChI is InChI=1S/C6H8O3/c1-2-9-5-3-4(5)6(7)8/h2,4-5H,1,3H2,(H,7,8)/t4-,5-/m1/s1. The first-order chi connectivity index (χ1) is 4.25. The van der Waals surface area contributed by atoms with Gasteiger partial charge in [0.05, 0.1) is 12.2 Å². The Morgan fingerprint density at radius 2 is 2.56 bits per heavy atom. The van der Waals surface area contributed by atoms with Crippen LogP contribution in [0.25, 0.3) is 0 Å². The minimum Gasteiger partial charge on any atom is -0.498 e. The summed E-state index contributed by atoms with van der Waals surface area (Å²) < 4.78 is 4.81. The molecule has 0 aromatic rings. The molecule has 0 spiro atoms. The molecule has 1 aliphatic rings. The van der Waals surface area contributed by atoms with E-state index in [1.807, 2.05) is 0 Å². The highest BCUT2D eigenvalue weighted by Gasteiger charge is 2.44. The molecule has 0 saturated heterocycles. The highest BCUT2D eigenvalue weighted by molar-refractivity contribution is 5.74. The number of aliphatic carboxylic acids is 1. The Morgan fingerprint density at radius 1 is 1.89 bits per heavy atom. The zero-order valence-electron chi connectivity index (χ0n) is 4.91. The average Bonchev–Trinajstić information content (AvgIpc) is 2.47. The minimum absolute atomic E-state index is 0.111. The van der Waals surface area contributed by atoms with E-state index in [0.29, 0.717) is 6.42 Å². The summed E-state index contributed by atoms with van der Waals surface area (Å²) in [7, 11) is 0. The van der Waals surface area contributed by atoms with Gasteiger partial charge in [0.2, 0.25) is 0 Å². The van der Waals surface area contributed by atoms with E-state index in [0.717, 1.165) is 0 Å². The van der Waals surface area contributed by atoms with Crippen molar-refractivity contribution in [3.63, 3.8) is 0 Å². The fraction of sp³-hybridized carbons (Fsp3) is 0.500. The summed E-state index contributed by atoms with van der Waals surface area (Å²) in [4.78, 5) is 10.1. The maximum Gasteiger partial charge on any atom is 0.310 e. The Hall–Kier alpha value is -0.990. The van der Waals surface area contributed by atoms with Gasteiger partial charge in [0.15, 0.2) is 0 Å². The van der Waals surface area contributed by atoms with Gasteiger partial charge in [-0.15, -0.1) is 0 Å². The lowest BCUT2D eigenvalue weighted by atomic mass is 10.4. The number of rotatable bonds is 3. The van der Waals surface area contributed by atoms with E-state index in [9.17, 15) is 4.79 Å². The van der Waals surface area contributed by atoms with Crippen LogP contribution in [-0.2, 0) is 9.53 Å². The van der Waals surface area contributed by atoms with Gasteiger partial charge in [-0.2, -0.15) is 0 Å². The molecule has 1 fully saturated rings. The Morgan fingerprint density at radius 3 is 2.89 bits per heavy atom. The van der Waals surface area contributed by atoms with E-state index in [-0.39, 0.29) is 12.0 Å². The van der Waals surface area contributed by atoms with Crippen LogP contribution < -0.4 is 0 Å². The smallest absolute Gasteiger partial charge is 0.310 e. The van der Waals surface area contributed by atoms with Crippen molar-refractivity contribution in [3.05, 3.63) is 12.8 Å². The van der Waals surface area contributed by atoms with Gasteiger partial charge in [-0.05, 0) is 0 Å². The Bertz CT molecular complexity index is 141. The van der Waals surface area contributed by atoms with Crippen molar-refractivity contribution in [2.75, 3.05) is 0 Å². The van der Waals surface area contributed by atoms with Crippen molar-refractivity contribution in [1.29, 1.82) is 0 Å². The molecule has 1 saturated carbocycles. The fourth-order valence-corrected chi connectivity index (χ4v) is 0.706. The van der Waals surface area contributed by atoms with Crippen LogP contribution in [0.2, 0.25) is 0 Å². The zero-order valence-corrected chi connectivity index (χ0v) is 4.91. The molecular weight excluding hydrogens is 120 g/mol. The van der Waals surface area contributed by atoms with Crippen molar-refractivity contribution >= 4 is 5.97 Å². The zero-order chi connectivity index (χ0) is 6.85. The monoisotopic (exact) mass is 128 g/mol. The highest BCUT2D eigenvalue weighted by Crippen LogP contribution is 2.33. The first-order valence-electron chi connectivity index (χ1n) is 2.75. The van der Waals surface area contributed by atoms with E-state index >= 15 is 0 Å². The Labute approximate surface area is 52.9 Å². The summed E-state index contributed by atoms with van der Waals surface area (Å²) in [6, 6.07) is 0. The molecule has 1 rings (SSSR count). The molecule has 0 unspecified atom stereocenters. The van der Waals surface area contributed by atoms with Crippen LogP contribution in [0.15, 0.2) is 12.8 Å². The second-order valence-electron chi connectivity index (χ2n) is 2.02. The van der Waals surface area contributed by atoms with Crippen molar-refractivity contribution in [3.8, 4) is 0 Å². The van der Waals surface area contributed by atoms with E-state index < -0.39 is 5.97 Å². The number of hydrogen-bond donors (Lipinski definition) is 1. The van der Waals surface area contributed by atoms with Crippen molar-refractivity contribution in [2.45, 2.75) is 12.5 Å². The molecular formula is C6H8O3. The molecule has 50 valence electrons. The number of carbonyl (C=O) groups is 1. The van der Waals surface area contributed by atoms with E-state index in [4.69, 9.17) is 9.84 Å². The van der Waals surface area contributed by atoms with Crippen LogP contribution in [0.1, 0.15) is 6.42 Å². The van der Waals surface area contributed by atoms with Crippen LogP contribution in [0.4, 0.5) is 0 Å². The van der Waals surface area contributed by atoms with Crippen molar-refractivity contribution in [1.82, 2.24) is 0 Å². The predicted octanol–water partition coefficient (Wildman–Crippen LogP) is 0.620. The highest BCUT2D eigenvalue weighted by atomic mass is 16.5. The third-order valence-corrected chi connectivity index (χ3v) is 1.32. The molecule has 3 nitrogen and oxygen atoms in total. The van der Waals surface area contributed by atoms with Crippen LogP contribution in [0.5, 0.6) is 0 Å². The summed E-state index contributed by atoms with van der Waals surface area (Å²) in [5.41, 5.74) is 0. The van der Waals surface area contributed by atoms with Gasteiger partial charge in [0.25, 0.3) is 0 Å². The van der Waals surface area contributed by atoms with Crippen molar-refractivity contribution < 1.29 is 14.6 Å². The Balaban J connectivity index is 2.24. The van der Waals surface area contributed by atoms with Gasteiger partial charge in [-0.3, -0.25) is 4.79 Å². The van der Waals surface area contributed by atoms with Crippen LogP contribution in [0, 0.1) is 5.92 Å². The first kappa shape index (κ1) is 6.13. The third kappa shape index (κ3) is 1.22. The summed E-state index contributed by atoms with van der Waals surface area (Å²) in [5.74, 6) is -1.06. The van der Waals surface area contributed by atoms with Crippen LogP contribution >= 0.6 is 0 Å². The predicted molar refractivity (Wildman–Crippen MR) is 30.8 cm³/mol. The lowest BCUT2D eigenvalue weighted by Crippen LogP contribution is -2.02. The topological polar surface area (TPSA) is 46.5 Å². The molecule has 2 atom stereocenters. The van der Waals surface area contributed by atoms with Crippen LogP contribution in [0.3, 0.4) is 0 Å². The van der Waals surface area contributed by atoms with Gasteiger partial charge >= 0.3 is 5.97 Å². The van der Waals surface area contributed by atoms with Gasteiger partial charge in [-0.25, -0.2) is 0 Å². The van der Waals surface area contributed by atoms with Gasteiger partial charge in [0, 0.05) is 6.42 Å². The SMILES string of the molecule is C=CO[C@@H]1C[C@H]1C(=O)O. The second-order valence-corrected chi connectivity index (χ2v) is 2.02. The average molecular weight is 128 g/mol. The minimum atomic E-state index is -0.776. The quantitative estimate of drug-likeness (QED) is 0.567. The van der Waals surface area contributed by atoms with Crippen LogP contribution in [-0.4, -0.2) is 17.2 Å². The summed E-state index contributed by atoms with van der Waals surface area (Å²) >= 11 is 0. The summed E-state index contributed by atoms with van der Waals surface area (Å²) in [6.45, 7) is 3.32. The van der Waals surface area contributed by atoms with Gasteiger partial charge < -0.3 is 9.84 Å². The molecule has 0 heterocycles. The van der Waals surface area contributed by atoms with E-state index in [1.54, 1.807) is 0 Å². The fourth-order valence-electron chi connectivity index (χ4n) is 0.706. The molecule has 0 aromatic carbocycles. The maximum absolute atomic E-state index is 10.1. The number of carboxylic acid groups (broad SMARTS) is 1. The largest absolute Gasteiger partial charge is 0.498 e. The summed E-state index contributed by atoms with van der Waals surface area (Å²) in [6.07, 6.45) is 1.80. The van der Waals surface area contributed by atoms with Crippen molar-refractivity contribution in [2.24, 2.45) is 5.92 Å². The molecule has 3 heteroatoms. The third-order valence-electron chi connectivity index (χ3n) is 1.32.